The van der Waals surface area contributed by atoms with Crippen molar-refractivity contribution < 1.29 is 27.9 Å². The number of imidazole rings is 1. The monoisotopic (exact) mass is 461 g/mol. The topological polar surface area (TPSA) is 121 Å². The molecule has 33 heavy (non-hydrogen) atoms. The molecule has 12 heteroatoms. The molecule has 0 bridgehead atoms. The SMILES string of the molecule is O=C(O)C(F)(F)F.O=CN1CCC(c2cn3c4cc[nH]c(=O)c4c4cnccc4c3n2)CC1. The molecule has 1 amide bonds. The van der Waals surface area contributed by atoms with Gasteiger partial charge in [-0.25, -0.2) is 9.78 Å². The number of carboxylic acids is 1. The van der Waals surface area contributed by atoms with E-state index in [1.165, 1.54) is 0 Å². The second-order valence-electron chi connectivity index (χ2n) is 7.57. The summed E-state index contributed by atoms with van der Waals surface area (Å²) in [4.78, 5) is 46.0. The number of nitrogens with zero attached hydrogens (tertiary/aromatic N) is 4. The van der Waals surface area contributed by atoms with Crippen LogP contribution in [0.15, 0.2) is 41.7 Å². The summed E-state index contributed by atoms with van der Waals surface area (Å²) < 4.78 is 33.7. The van der Waals surface area contributed by atoms with Crippen molar-refractivity contribution in [2.24, 2.45) is 0 Å². The van der Waals surface area contributed by atoms with E-state index in [0.717, 1.165) is 60.0 Å². The van der Waals surface area contributed by atoms with Gasteiger partial charge in [0.15, 0.2) is 0 Å². The molecule has 9 nitrogen and oxygen atoms in total. The van der Waals surface area contributed by atoms with Crippen LogP contribution in [0.25, 0.3) is 27.3 Å². The predicted octanol–water partition coefficient (Wildman–Crippen LogP) is 2.69. The highest BCUT2D eigenvalue weighted by Crippen LogP contribution is 2.31. The number of carboxylic acid groups (broad SMARTS) is 1. The Hall–Kier alpha value is -3.96. The number of carbonyl (C=O) groups excluding carboxylic acids is 1. The van der Waals surface area contributed by atoms with Crippen LogP contribution in [-0.2, 0) is 9.59 Å². The minimum absolute atomic E-state index is 0.128. The van der Waals surface area contributed by atoms with Crippen LogP contribution >= 0.6 is 0 Å². The van der Waals surface area contributed by atoms with Gasteiger partial charge in [0, 0.05) is 54.6 Å². The first-order valence-corrected chi connectivity index (χ1v) is 9.96. The number of hydrogen-bond acceptors (Lipinski definition) is 5. The Kier molecular flexibility index (Phi) is 5.75. The summed E-state index contributed by atoms with van der Waals surface area (Å²) in [5.41, 5.74) is 2.56. The van der Waals surface area contributed by atoms with E-state index in [-0.39, 0.29) is 5.56 Å². The third-order valence-electron chi connectivity index (χ3n) is 5.59. The molecule has 1 saturated heterocycles. The summed E-state index contributed by atoms with van der Waals surface area (Å²) in [6, 6.07) is 3.80. The third-order valence-corrected chi connectivity index (χ3v) is 5.59. The number of carbonyl (C=O) groups is 2. The van der Waals surface area contributed by atoms with Crippen LogP contribution in [0.5, 0.6) is 0 Å². The lowest BCUT2D eigenvalue weighted by molar-refractivity contribution is -0.192. The van der Waals surface area contributed by atoms with Crippen molar-refractivity contribution in [3.05, 3.63) is 53.0 Å². The fourth-order valence-electron chi connectivity index (χ4n) is 3.99. The lowest BCUT2D eigenvalue weighted by Crippen LogP contribution is -2.31. The average Bonchev–Trinajstić information content (AvgIpc) is 3.25. The minimum Gasteiger partial charge on any atom is -0.475 e. The quantitative estimate of drug-likeness (QED) is 0.350. The molecule has 0 saturated carbocycles. The highest BCUT2D eigenvalue weighted by atomic mass is 19.4. The molecule has 4 aromatic rings. The number of piperidine rings is 1. The standard InChI is InChI=1S/C19H17N5O2.C2HF3O2/c25-11-23-7-3-12(4-8-23)15-10-24-16-2-6-21-19(26)17(16)14-9-20-5-1-13(14)18(24)22-15;3-2(4,5)1(6)7/h1-2,5-6,9-12H,3-4,7-8H2,(H,21,26);(H,6,7). The maximum atomic E-state index is 12.5. The van der Waals surface area contributed by atoms with Crippen LogP contribution in [0, 0.1) is 0 Å². The first kappa shape index (κ1) is 22.2. The van der Waals surface area contributed by atoms with Crippen LogP contribution in [0.4, 0.5) is 13.2 Å². The molecule has 1 aliphatic heterocycles. The van der Waals surface area contributed by atoms with Crippen molar-refractivity contribution in [3.63, 3.8) is 0 Å². The van der Waals surface area contributed by atoms with E-state index < -0.39 is 12.1 Å². The number of H-pyrrole nitrogens is 1. The molecule has 5 rings (SSSR count). The lowest BCUT2D eigenvalue weighted by atomic mass is 9.94. The smallest absolute Gasteiger partial charge is 0.475 e. The van der Waals surface area contributed by atoms with Crippen molar-refractivity contribution in [1.82, 2.24) is 24.3 Å². The molecule has 5 heterocycles. The molecule has 1 fully saturated rings. The zero-order valence-corrected chi connectivity index (χ0v) is 17.0. The number of likely N-dealkylation sites (tertiary alicyclic amines) is 1. The van der Waals surface area contributed by atoms with E-state index in [1.807, 2.05) is 27.6 Å². The molecule has 0 unspecified atom stereocenters. The summed E-state index contributed by atoms with van der Waals surface area (Å²) in [7, 11) is 0. The van der Waals surface area contributed by atoms with Crippen LogP contribution in [0.2, 0.25) is 0 Å². The molecule has 0 atom stereocenters. The number of fused-ring (bicyclic) bond motifs is 6. The Morgan fingerprint density at radius 3 is 2.55 bits per heavy atom. The number of alkyl halides is 3. The number of halogens is 3. The first-order chi connectivity index (χ1) is 15.7. The highest BCUT2D eigenvalue weighted by molar-refractivity contribution is 6.10. The molecule has 0 aromatic carbocycles. The van der Waals surface area contributed by atoms with Gasteiger partial charge in [0.1, 0.15) is 5.65 Å². The maximum Gasteiger partial charge on any atom is 0.490 e. The number of nitrogens with one attached hydrogen (secondary N) is 1. The lowest BCUT2D eigenvalue weighted by Gasteiger charge is -2.27. The van der Waals surface area contributed by atoms with Gasteiger partial charge < -0.3 is 15.0 Å². The molecule has 4 aromatic heterocycles. The van der Waals surface area contributed by atoms with Crippen LogP contribution in [0.1, 0.15) is 24.5 Å². The number of hydrogen-bond donors (Lipinski definition) is 2. The molecule has 0 radical (unpaired) electrons. The Bertz CT molecular complexity index is 1400. The van der Waals surface area contributed by atoms with Gasteiger partial charge in [-0.15, -0.1) is 0 Å². The van der Waals surface area contributed by atoms with E-state index >= 15 is 0 Å². The molecule has 2 N–H and O–H groups in total. The minimum atomic E-state index is -5.08. The second-order valence-corrected chi connectivity index (χ2v) is 7.57. The largest absolute Gasteiger partial charge is 0.490 e. The number of aliphatic carboxylic acids is 1. The first-order valence-electron chi connectivity index (χ1n) is 9.96. The summed E-state index contributed by atoms with van der Waals surface area (Å²) in [5, 5.41) is 9.48. The number of amides is 1. The molecular formula is C21H18F3N5O4. The van der Waals surface area contributed by atoms with Gasteiger partial charge in [-0.3, -0.25) is 19.0 Å². The highest BCUT2D eigenvalue weighted by Gasteiger charge is 2.38. The van der Waals surface area contributed by atoms with Gasteiger partial charge >= 0.3 is 12.1 Å². The van der Waals surface area contributed by atoms with Gasteiger partial charge in [0.05, 0.1) is 16.6 Å². The zero-order chi connectivity index (χ0) is 23.8. The van der Waals surface area contributed by atoms with Gasteiger partial charge in [-0.1, -0.05) is 0 Å². The second kappa shape index (κ2) is 8.52. The van der Waals surface area contributed by atoms with E-state index in [0.29, 0.717) is 11.3 Å². The van der Waals surface area contributed by atoms with Gasteiger partial charge in [-0.05, 0) is 25.0 Å². The Labute approximate surface area is 183 Å². The van der Waals surface area contributed by atoms with Gasteiger partial charge in [-0.2, -0.15) is 13.2 Å². The Morgan fingerprint density at radius 1 is 1.21 bits per heavy atom. The normalized spacial score (nSPS) is 14.9. The van der Waals surface area contributed by atoms with Crippen LogP contribution in [-0.4, -0.2) is 61.0 Å². The number of rotatable bonds is 2. The van der Waals surface area contributed by atoms with Crippen LogP contribution < -0.4 is 5.56 Å². The van der Waals surface area contributed by atoms with Crippen molar-refractivity contribution in [3.8, 4) is 0 Å². The maximum absolute atomic E-state index is 12.5. The third kappa shape index (κ3) is 4.23. The molecule has 0 spiro atoms. The fraction of sp³-hybridized carbons (Fsp3) is 0.286. The van der Waals surface area contributed by atoms with Gasteiger partial charge in [0.25, 0.3) is 5.56 Å². The molecule has 172 valence electrons. The number of aromatic nitrogens is 4. The zero-order valence-electron chi connectivity index (χ0n) is 17.0. The Morgan fingerprint density at radius 2 is 1.91 bits per heavy atom. The number of aromatic amines is 1. The summed E-state index contributed by atoms with van der Waals surface area (Å²) in [5.74, 6) is -2.44. The molecule has 0 aliphatic carbocycles. The Balaban J connectivity index is 0.000000325. The summed E-state index contributed by atoms with van der Waals surface area (Å²) in [6.45, 7) is 1.51. The molecule has 1 aliphatic rings. The van der Waals surface area contributed by atoms with Crippen LogP contribution in [0.3, 0.4) is 0 Å². The van der Waals surface area contributed by atoms with E-state index in [2.05, 4.69) is 9.97 Å². The van der Waals surface area contributed by atoms with E-state index in [9.17, 15) is 22.8 Å². The number of pyridine rings is 3. The van der Waals surface area contributed by atoms with Crippen molar-refractivity contribution in [2.75, 3.05) is 13.1 Å². The summed E-state index contributed by atoms with van der Waals surface area (Å²) >= 11 is 0. The fourth-order valence-corrected chi connectivity index (χ4v) is 3.99. The predicted molar refractivity (Wildman–Crippen MR) is 112 cm³/mol. The van der Waals surface area contributed by atoms with E-state index in [1.54, 1.807) is 18.6 Å². The summed E-state index contributed by atoms with van der Waals surface area (Å²) in [6.07, 6.45) is 4.79. The molecular weight excluding hydrogens is 443 g/mol. The average molecular weight is 461 g/mol. The van der Waals surface area contributed by atoms with E-state index in [4.69, 9.17) is 14.9 Å². The van der Waals surface area contributed by atoms with Crippen molar-refractivity contribution in [1.29, 1.82) is 0 Å². The van der Waals surface area contributed by atoms with Crippen molar-refractivity contribution >= 4 is 39.7 Å². The van der Waals surface area contributed by atoms with Crippen molar-refractivity contribution in [2.45, 2.75) is 24.9 Å². The van der Waals surface area contributed by atoms with Gasteiger partial charge in [0.2, 0.25) is 6.41 Å².